The van der Waals surface area contributed by atoms with Crippen molar-refractivity contribution < 1.29 is 14.2 Å². The van der Waals surface area contributed by atoms with Gasteiger partial charge >= 0.3 is 0 Å². The van der Waals surface area contributed by atoms with Crippen molar-refractivity contribution in [3.05, 3.63) is 22.2 Å². The highest BCUT2D eigenvalue weighted by atomic mass is 79.9. The molecule has 0 aromatic heterocycles. The Hall–Kier alpha value is -0.260. The van der Waals surface area contributed by atoms with Gasteiger partial charge in [-0.3, -0.25) is 0 Å². The summed E-state index contributed by atoms with van der Waals surface area (Å²) in [6, 6.07) is 3.92. The maximum atomic E-state index is 5.97. The molecule has 2 atom stereocenters. The van der Waals surface area contributed by atoms with E-state index in [9.17, 15) is 0 Å². The first-order valence-corrected chi connectivity index (χ1v) is 7.58. The fourth-order valence-corrected chi connectivity index (χ4v) is 2.83. The van der Waals surface area contributed by atoms with Crippen molar-refractivity contribution in [2.24, 2.45) is 0 Å². The summed E-state index contributed by atoms with van der Waals surface area (Å²) in [4.78, 5) is 0.205. The Kier molecular flexibility index (Phi) is 4.56. The number of halogens is 2. The van der Waals surface area contributed by atoms with Gasteiger partial charge in [-0.15, -0.1) is 0 Å². The summed E-state index contributed by atoms with van der Waals surface area (Å²) < 4.78 is 17.7. The molecule has 1 aromatic rings. The van der Waals surface area contributed by atoms with Gasteiger partial charge in [0.05, 0.1) is 12.2 Å². The van der Waals surface area contributed by atoms with Gasteiger partial charge in [0.1, 0.15) is 0 Å². The van der Waals surface area contributed by atoms with Crippen LogP contribution < -0.4 is 9.47 Å². The lowest BCUT2D eigenvalue weighted by Crippen LogP contribution is -2.18. The third kappa shape index (κ3) is 3.00. The van der Waals surface area contributed by atoms with Crippen LogP contribution in [0.2, 0.25) is 0 Å². The molecule has 0 saturated heterocycles. The molecule has 0 N–H and O–H groups in total. The lowest BCUT2D eigenvalue weighted by atomic mass is 10.1. The molecule has 0 bridgehead atoms. The van der Waals surface area contributed by atoms with Crippen molar-refractivity contribution in [3.8, 4) is 11.5 Å². The average Bonchev–Trinajstić information content (AvgIpc) is 2.71. The molecule has 18 heavy (non-hydrogen) atoms. The molecule has 0 aliphatic carbocycles. The van der Waals surface area contributed by atoms with Crippen LogP contribution in [0.5, 0.6) is 11.5 Å². The molecule has 100 valence electrons. The largest absolute Gasteiger partial charge is 0.454 e. The zero-order valence-electron chi connectivity index (χ0n) is 10.6. The third-order valence-electron chi connectivity index (χ3n) is 2.63. The number of hydrogen-bond acceptors (Lipinski definition) is 3. The fraction of sp³-hybridized carbons (Fsp3) is 0.538. The maximum Gasteiger partial charge on any atom is 0.231 e. The lowest BCUT2D eigenvalue weighted by molar-refractivity contribution is 0.00836. The van der Waals surface area contributed by atoms with Crippen molar-refractivity contribution in [1.82, 2.24) is 0 Å². The Balaban J connectivity index is 2.35. The average molecular weight is 380 g/mol. The fourth-order valence-electron chi connectivity index (χ4n) is 1.87. The SMILES string of the molecule is CC(C)O[C@@H](c1cc2c(cc1Br)OCO2)[C@@H](C)Br. The van der Waals surface area contributed by atoms with Crippen LogP contribution in [0.3, 0.4) is 0 Å². The minimum absolute atomic E-state index is 0.0334. The molecule has 0 radical (unpaired) electrons. The van der Waals surface area contributed by atoms with E-state index < -0.39 is 0 Å². The second-order valence-electron chi connectivity index (χ2n) is 4.51. The van der Waals surface area contributed by atoms with Crippen LogP contribution in [0.15, 0.2) is 16.6 Å². The predicted octanol–water partition coefficient (Wildman–Crippen LogP) is 4.43. The van der Waals surface area contributed by atoms with E-state index >= 15 is 0 Å². The zero-order valence-corrected chi connectivity index (χ0v) is 13.7. The van der Waals surface area contributed by atoms with Gasteiger partial charge in [-0.1, -0.05) is 31.9 Å². The van der Waals surface area contributed by atoms with E-state index in [1.54, 1.807) is 0 Å². The number of ether oxygens (including phenoxy) is 3. The molecule has 1 aromatic carbocycles. The van der Waals surface area contributed by atoms with Gasteiger partial charge in [0.15, 0.2) is 11.5 Å². The van der Waals surface area contributed by atoms with Crippen molar-refractivity contribution in [1.29, 1.82) is 0 Å². The summed E-state index contributed by atoms with van der Waals surface area (Å²) >= 11 is 7.18. The summed E-state index contributed by atoms with van der Waals surface area (Å²) in [6.07, 6.45) is 0.126. The molecule has 0 spiro atoms. The molecule has 1 heterocycles. The molecule has 0 fully saturated rings. The van der Waals surface area contributed by atoms with Crippen LogP contribution in [-0.4, -0.2) is 17.7 Å². The molecular weight excluding hydrogens is 364 g/mol. The first-order valence-electron chi connectivity index (χ1n) is 5.87. The van der Waals surface area contributed by atoms with Crippen LogP contribution in [0, 0.1) is 0 Å². The van der Waals surface area contributed by atoms with Crippen LogP contribution in [-0.2, 0) is 4.74 Å². The minimum atomic E-state index is -0.0334. The predicted molar refractivity (Wildman–Crippen MR) is 77.6 cm³/mol. The van der Waals surface area contributed by atoms with Crippen LogP contribution in [0.4, 0.5) is 0 Å². The number of fused-ring (bicyclic) bond motifs is 1. The van der Waals surface area contributed by atoms with E-state index in [1.807, 2.05) is 26.0 Å². The highest BCUT2D eigenvalue weighted by Gasteiger charge is 2.25. The number of benzene rings is 1. The van der Waals surface area contributed by atoms with Crippen LogP contribution >= 0.6 is 31.9 Å². The van der Waals surface area contributed by atoms with Crippen molar-refractivity contribution in [3.63, 3.8) is 0 Å². The number of alkyl halides is 1. The van der Waals surface area contributed by atoms with Gasteiger partial charge in [0.2, 0.25) is 6.79 Å². The molecule has 1 aliphatic rings. The molecule has 0 amide bonds. The highest BCUT2D eigenvalue weighted by molar-refractivity contribution is 9.10. The van der Waals surface area contributed by atoms with Gasteiger partial charge < -0.3 is 14.2 Å². The summed E-state index contributed by atoms with van der Waals surface area (Å²) in [5, 5.41) is 0. The second-order valence-corrected chi connectivity index (χ2v) is 6.81. The van der Waals surface area contributed by atoms with E-state index in [2.05, 4.69) is 38.8 Å². The van der Waals surface area contributed by atoms with Crippen molar-refractivity contribution in [2.45, 2.75) is 37.8 Å². The topological polar surface area (TPSA) is 27.7 Å². The monoisotopic (exact) mass is 378 g/mol. The third-order valence-corrected chi connectivity index (χ3v) is 3.80. The second kappa shape index (κ2) is 5.80. The Morgan fingerprint density at radius 2 is 1.78 bits per heavy atom. The molecule has 0 saturated carbocycles. The number of hydrogen-bond donors (Lipinski definition) is 0. The maximum absolute atomic E-state index is 5.97. The quantitative estimate of drug-likeness (QED) is 0.724. The smallest absolute Gasteiger partial charge is 0.231 e. The Bertz CT molecular complexity index is 432. The van der Waals surface area contributed by atoms with E-state index in [0.717, 1.165) is 21.5 Å². The van der Waals surface area contributed by atoms with Gasteiger partial charge in [0.25, 0.3) is 0 Å². The molecule has 5 heteroatoms. The standard InChI is InChI=1S/C13H16Br2O3/c1-7(2)18-13(8(3)14)9-4-11-12(5-10(9)15)17-6-16-11/h4-5,7-8,13H,6H2,1-3H3/t8-,13-/m1/s1. The van der Waals surface area contributed by atoms with Crippen LogP contribution in [0.1, 0.15) is 32.4 Å². The summed E-state index contributed by atoms with van der Waals surface area (Å²) in [6.45, 7) is 6.42. The molecule has 1 aliphatic heterocycles. The van der Waals surface area contributed by atoms with E-state index in [0.29, 0.717) is 0 Å². The number of rotatable bonds is 4. The van der Waals surface area contributed by atoms with E-state index in [-0.39, 0.29) is 23.8 Å². The van der Waals surface area contributed by atoms with Crippen molar-refractivity contribution >= 4 is 31.9 Å². The zero-order chi connectivity index (χ0) is 13.3. The summed E-state index contributed by atoms with van der Waals surface area (Å²) in [5.41, 5.74) is 1.07. The van der Waals surface area contributed by atoms with Gasteiger partial charge in [-0.25, -0.2) is 0 Å². The Labute approximate surface area is 124 Å². The van der Waals surface area contributed by atoms with Gasteiger partial charge in [0, 0.05) is 14.9 Å². The summed E-state index contributed by atoms with van der Waals surface area (Å²) in [7, 11) is 0. The highest BCUT2D eigenvalue weighted by Crippen LogP contribution is 2.41. The molecular formula is C13H16Br2O3. The van der Waals surface area contributed by atoms with E-state index in [4.69, 9.17) is 14.2 Å². The van der Waals surface area contributed by atoms with Crippen molar-refractivity contribution in [2.75, 3.05) is 6.79 Å². The molecule has 0 unspecified atom stereocenters. The minimum Gasteiger partial charge on any atom is -0.454 e. The van der Waals surface area contributed by atoms with Crippen LogP contribution in [0.25, 0.3) is 0 Å². The Morgan fingerprint density at radius 1 is 1.17 bits per heavy atom. The van der Waals surface area contributed by atoms with E-state index in [1.165, 1.54) is 0 Å². The molecule has 2 rings (SSSR count). The first kappa shape index (κ1) is 14.2. The molecule has 3 nitrogen and oxygen atoms in total. The first-order chi connectivity index (χ1) is 8.49. The van der Waals surface area contributed by atoms with Gasteiger partial charge in [-0.05, 0) is 32.9 Å². The lowest BCUT2D eigenvalue weighted by Gasteiger charge is -2.24. The van der Waals surface area contributed by atoms with Gasteiger partial charge in [-0.2, -0.15) is 0 Å². The Morgan fingerprint density at radius 3 is 2.33 bits per heavy atom. The normalized spacial score (nSPS) is 17.0. The summed E-state index contributed by atoms with van der Waals surface area (Å²) in [5.74, 6) is 1.55.